The smallest absolute Gasteiger partial charge is 0.417 e. The van der Waals surface area contributed by atoms with Gasteiger partial charge in [0.1, 0.15) is 6.54 Å². The SMILES string of the molecule is COc1ccccc1Oc1ccc(Cl)cc1NC(=O)CN(c1ccc(Cl)c(C(F)(F)F)c1)S(C)(=O)=O. The summed E-state index contributed by atoms with van der Waals surface area (Å²) in [7, 11) is -2.72. The third-order valence-corrected chi connectivity index (χ3v) is 6.44. The van der Waals surface area contributed by atoms with Crippen molar-refractivity contribution >= 4 is 50.5 Å². The molecule has 0 spiro atoms. The molecule has 1 N–H and O–H groups in total. The third kappa shape index (κ3) is 6.74. The van der Waals surface area contributed by atoms with Gasteiger partial charge < -0.3 is 14.8 Å². The molecular formula is C23H19Cl2F3N2O5S. The van der Waals surface area contributed by atoms with Crippen LogP contribution in [0.1, 0.15) is 5.56 Å². The van der Waals surface area contributed by atoms with Crippen molar-refractivity contribution in [3.8, 4) is 17.2 Å². The molecule has 3 rings (SSSR count). The zero-order valence-corrected chi connectivity index (χ0v) is 21.1. The number of methoxy groups -OCH3 is 1. The fourth-order valence-electron chi connectivity index (χ4n) is 3.12. The van der Waals surface area contributed by atoms with E-state index in [2.05, 4.69) is 5.32 Å². The summed E-state index contributed by atoms with van der Waals surface area (Å²) in [6.07, 6.45) is -4.07. The quantitative estimate of drug-likeness (QED) is 0.352. The van der Waals surface area contributed by atoms with Crippen molar-refractivity contribution in [1.29, 1.82) is 0 Å². The summed E-state index contributed by atoms with van der Waals surface area (Å²) in [6.45, 7) is -0.835. The number of para-hydroxylation sites is 2. The Labute approximate surface area is 215 Å². The number of rotatable bonds is 8. The fourth-order valence-corrected chi connectivity index (χ4v) is 4.36. The number of carbonyl (C=O) groups is 1. The van der Waals surface area contributed by atoms with Crippen molar-refractivity contribution in [3.63, 3.8) is 0 Å². The molecule has 0 saturated carbocycles. The third-order valence-electron chi connectivity index (χ3n) is 4.74. The molecule has 0 aromatic heterocycles. The van der Waals surface area contributed by atoms with Gasteiger partial charge in [-0.15, -0.1) is 0 Å². The van der Waals surface area contributed by atoms with Crippen molar-refractivity contribution in [2.24, 2.45) is 0 Å². The Kier molecular flexibility index (Phi) is 8.27. The van der Waals surface area contributed by atoms with Crippen LogP contribution in [0.25, 0.3) is 0 Å². The van der Waals surface area contributed by atoms with Gasteiger partial charge in [0.25, 0.3) is 0 Å². The Balaban J connectivity index is 1.90. The second-order valence-corrected chi connectivity index (χ2v) is 10.1. The van der Waals surface area contributed by atoms with E-state index in [4.69, 9.17) is 32.7 Å². The van der Waals surface area contributed by atoms with Crippen LogP contribution in [0.4, 0.5) is 24.5 Å². The van der Waals surface area contributed by atoms with E-state index in [1.54, 1.807) is 24.3 Å². The number of hydrogen-bond acceptors (Lipinski definition) is 5. The Morgan fingerprint density at radius 1 is 1.00 bits per heavy atom. The number of benzene rings is 3. The zero-order valence-electron chi connectivity index (χ0n) is 18.8. The molecule has 0 unspecified atom stereocenters. The number of halogens is 5. The summed E-state index contributed by atoms with van der Waals surface area (Å²) in [5, 5.41) is 2.12. The summed E-state index contributed by atoms with van der Waals surface area (Å²) < 4.78 is 76.2. The van der Waals surface area contributed by atoms with Crippen molar-refractivity contribution in [3.05, 3.63) is 76.3 Å². The number of ether oxygens (including phenoxy) is 2. The van der Waals surface area contributed by atoms with Gasteiger partial charge >= 0.3 is 6.18 Å². The minimum absolute atomic E-state index is 0.0962. The highest BCUT2D eigenvalue weighted by molar-refractivity contribution is 7.92. The summed E-state index contributed by atoms with van der Waals surface area (Å²) in [4.78, 5) is 12.8. The molecule has 3 aromatic rings. The van der Waals surface area contributed by atoms with Gasteiger partial charge in [-0.3, -0.25) is 9.10 Å². The predicted octanol–water partition coefficient (Wildman–Crippen LogP) is 6.22. The van der Waals surface area contributed by atoms with Crippen LogP contribution in [0.3, 0.4) is 0 Å². The molecule has 1 amide bonds. The van der Waals surface area contributed by atoms with E-state index in [0.29, 0.717) is 21.9 Å². The molecule has 13 heteroatoms. The number of carbonyl (C=O) groups excluding carboxylic acids is 1. The minimum atomic E-state index is -4.83. The van der Waals surface area contributed by atoms with E-state index >= 15 is 0 Å². The molecule has 0 saturated heterocycles. The van der Waals surface area contributed by atoms with Gasteiger partial charge in [-0.05, 0) is 48.5 Å². The molecule has 0 bridgehead atoms. The zero-order chi connectivity index (χ0) is 26.7. The first-order chi connectivity index (χ1) is 16.8. The van der Waals surface area contributed by atoms with Crippen molar-refractivity contribution in [1.82, 2.24) is 0 Å². The monoisotopic (exact) mass is 562 g/mol. The number of nitrogens with one attached hydrogen (secondary N) is 1. The van der Waals surface area contributed by atoms with Crippen LogP contribution in [0.2, 0.25) is 10.0 Å². The number of anilines is 2. The number of sulfonamides is 1. The van der Waals surface area contributed by atoms with Crippen LogP contribution >= 0.6 is 23.2 Å². The summed E-state index contributed by atoms with van der Waals surface area (Å²) in [5.41, 5.74) is -1.53. The van der Waals surface area contributed by atoms with Gasteiger partial charge in [0.2, 0.25) is 15.9 Å². The van der Waals surface area contributed by atoms with E-state index in [9.17, 15) is 26.4 Å². The molecule has 0 aliphatic rings. The highest BCUT2D eigenvalue weighted by Gasteiger charge is 2.34. The maximum absolute atomic E-state index is 13.3. The lowest BCUT2D eigenvalue weighted by Gasteiger charge is -2.23. The molecule has 0 radical (unpaired) electrons. The lowest BCUT2D eigenvalue weighted by Crippen LogP contribution is -2.37. The molecule has 0 fully saturated rings. The maximum atomic E-state index is 13.3. The predicted molar refractivity (Wildman–Crippen MR) is 132 cm³/mol. The van der Waals surface area contributed by atoms with Gasteiger partial charge in [-0.2, -0.15) is 13.2 Å². The molecule has 0 atom stereocenters. The normalized spacial score (nSPS) is 11.6. The lowest BCUT2D eigenvalue weighted by molar-refractivity contribution is -0.137. The van der Waals surface area contributed by atoms with Gasteiger partial charge in [-0.1, -0.05) is 35.3 Å². The van der Waals surface area contributed by atoms with Crippen LogP contribution in [0.5, 0.6) is 17.2 Å². The van der Waals surface area contributed by atoms with Crippen LogP contribution in [0.15, 0.2) is 60.7 Å². The van der Waals surface area contributed by atoms with E-state index in [1.807, 2.05) is 0 Å². The minimum Gasteiger partial charge on any atom is -0.493 e. The highest BCUT2D eigenvalue weighted by atomic mass is 35.5. The van der Waals surface area contributed by atoms with Gasteiger partial charge in [0.15, 0.2) is 17.2 Å². The lowest BCUT2D eigenvalue weighted by atomic mass is 10.2. The van der Waals surface area contributed by atoms with Gasteiger partial charge in [0.05, 0.1) is 35.3 Å². The first kappa shape index (κ1) is 27.4. The summed E-state index contributed by atoms with van der Waals surface area (Å²) >= 11 is 11.7. The van der Waals surface area contributed by atoms with Gasteiger partial charge in [-0.25, -0.2) is 8.42 Å². The molecule has 36 heavy (non-hydrogen) atoms. The molecule has 7 nitrogen and oxygen atoms in total. The Morgan fingerprint density at radius 3 is 2.28 bits per heavy atom. The first-order valence-corrected chi connectivity index (χ1v) is 12.6. The molecule has 3 aromatic carbocycles. The molecule has 0 heterocycles. The Hall–Kier alpha value is -3.15. The number of hydrogen-bond donors (Lipinski definition) is 1. The Bertz CT molecular complexity index is 1380. The van der Waals surface area contributed by atoms with Crippen molar-refractivity contribution in [2.75, 3.05) is 29.5 Å². The molecular weight excluding hydrogens is 544 g/mol. The van der Waals surface area contributed by atoms with E-state index < -0.39 is 39.2 Å². The molecule has 0 aliphatic carbocycles. The Morgan fingerprint density at radius 2 is 1.67 bits per heavy atom. The summed E-state index contributed by atoms with van der Waals surface area (Å²) in [6, 6.07) is 13.6. The van der Waals surface area contributed by atoms with Gasteiger partial charge in [0, 0.05) is 5.02 Å². The number of alkyl halides is 3. The van der Waals surface area contributed by atoms with E-state index in [-0.39, 0.29) is 22.1 Å². The van der Waals surface area contributed by atoms with Crippen LogP contribution in [0, 0.1) is 0 Å². The highest BCUT2D eigenvalue weighted by Crippen LogP contribution is 2.38. The number of nitrogens with zero attached hydrogens (tertiary/aromatic N) is 1. The number of amides is 1. The van der Waals surface area contributed by atoms with Crippen molar-refractivity contribution in [2.45, 2.75) is 6.18 Å². The second kappa shape index (κ2) is 10.9. The van der Waals surface area contributed by atoms with Crippen LogP contribution in [-0.2, 0) is 21.0 Å². The average Bonchev–Trinajstić information content (AvgIpc) is 2.78. The second-order valence-electron chi connectivity index (χ2n) is 7.37. The molecule has 0 aliphatic heterocycles. The maximum Gasteiger partial charge on any atom is 0.417 e. The van der Waals surface area contributed by atoms with E-state index in [0.717, 1.165) is 18.4 Å². The van der Waals surface area contributed by atoms with E-state index in [1.165, 1.54) is 25.3 Å². The topological polar surface area (TPSA) is 84.9 Å². The standard InChI is InChI=1S/C23H19Cl2F3N2O5S/c1-34-20-5-3-4-6-21(20)35-19-10-7-14(24)11-18(19)29-22(31)13-30(36(2,32)33)15-8-9-17(25)16(12-15)23(26,27)28/h3-12H,13H2,1-2H3,(H,29,31). The summed E-state index contributed by atoms with van der Waals surface area (Å²) in [5.74, 6) is 0.0395. The van der Waals surface area contributed by atoms with Crippen LogP contribution < -0.4 is 19.1 Å². The largest absolute Gasteiger partial charge is 0.493 e. The first-order valence-electron chi connectivity index (χ1n) is 10.0. The molecule has 192 valence electrons. The van der Waals surface area contributed by atoms with Crippen LogP contribution in [-0.4, -0.2) is 34.2 Å². The van der Waals surface area contributed by atoms with Crippen molar-refractivity contribution < 1.29 is 35.9 Å². The fraction of sp³-hybridized carbons (Fsp3) is 0.174. The average molecular weight is 563 g/mol.